The number of hydrogen-bond donors (Lipinski definition) is 2. The lowest BCUT2D eigenvalue weighted by Gasteiger charge is -2.31. The van der Waals surface area contributed by atoms with E-state index in [0.717, 1.165) is 10.9 Å². The van der Waals surface area contributed by atoms with Crippen LogP contribution >= 0.6 is 15.9 Å². The van der Waals surface area contributed by atoms with Crippen LogP contribution < -0.4 is 16.6 Å². The predicted molar refractivity (Wildman–Crippen MR) is 83.5 cm³/mol. The highest BCUT2D eigenvalue weighted by molar-refractivity contribution is 9.10. The van der Waals surface area contributed by atoms with Gasteiger partial charge in [0.05, 0.1) is 0 Å². The molecular weight excluding hydrogens is 322 g/mol. The Bertz CT molecular complexity index is 527. The molecule has 5 nitrogen and oxygen atoms in total. The van der Waals surface area contributed by atoms with Gasteiger partial charge in [-0.1, -0.05) is 13.8 Å². The number of rotatable bonds is 6. The van der Waals surface area contributed by atoms with Gasteiger partial charge in [-0.2, -0.15) is 0 Å². The number of aromatic nitrogens is 1. The summed E-state index contributed by atoms with van der Waals surface area (Å²) in [4.78, 5) is 23.7. The number of nitrogens with one attached hydrogen (secondary N) is 1. The van der Waals surface area contributed by atoms with Gasteiger partial charge >= 0.3 is 0 Å². The lowest BCUT2D eigenvalue weighted by molar-refractivity contribution is -0.123. The minimum absolute atomic E-state index is 0.00798. The first kappa shape index (κ1) is 16.9. The topological polar surface area (TPSA) is 77.1 Å². The van der Waals surface area contributed by atoms with Crippen LogP contribution in [0.1, 0.15) is 27.2 Å². The van der Waals surface area contributed by atoms with Crippen molar-refractivity contribution in [2.45, 2.75) is 39.3 Å². The van der Waals surface area contributed by atoms with Gasteiger partial charge in [0, 0.05) is 28.8 Å². The number of amides is 1. The summed E-state index contributed by atoms with van der Waals surface area (Å²) in [6.45, 7) is 6.45. The van der Waals surface area contributed by atoms with E-state index in [0.29, 0.717) is 12.5 Å². The van der Waals surface area contributed by atoms with Crippen molar-refractivity contribution in [2.75, 3.05) is 6.54 Å². The van der Waals surface area contributed by atoms with Crippen molar-refractivity contribution in [1.29, 1.82) is 0 Å². The predicted octanol–water partition coefficient (Wildman–Crippen LogP) is 1.49. The molecule has 1 rings (SSSR count). The molecule has 0 saturated carbocycles. The summed E-state index contributed by atoms with van der Waals surface area (Å²) in [7, 11) is 0. The molecule has 0 bridgehead atoms. The first-order chi connectivity index (χ1) is 9.25. The Morgan fingerprint density at radius 3 is 2.70 bits per heavy atom. The summed E-state index contributed by atoms with van der Waals surface area (Å²) in [5.41, 5.74) is 5.11. The molecule has 0 aromatic carbocycles. The molecule has 0 aliphatic carbocycles. The molecule has 0 saturated heterocycles. The first-order valence-electron chi connectivity index (χ1n) is 6.63. The number of nitrogens with zero attached hydrogens (tertiary/aromatic N) is 1. The highest BCUT2D eigenvalue weighted by Gasteiger charge is 2.25. The van der Waals surface area contributed by atoms with Gasteiger partial charge in [0.2, 0.25) is 5.91 Å². The molecule has 0 radical (unpaired) electrons. The molecule has 1 heterocycles. The molecule has 112 valence electrons. The molecule has 20 heavy (non-hydrogen) atoms. The number of nitrogens with two attached hydrogens (primary N) is 1. The maximum Gasteiger partial charge on any atom is 0.251 e. The fraction of sp³-hybridized carbons (Fsp3) is 0.571. The van der Waals surface area contributed by atoms with Crippen LogP contribution in [0.5, 0.6) is 0 Å². The van der Waals surface area contributed by atoms with E-state index in [9.17, 15) is 9.59 Å². The van der Waals surface area contributed by atoms with Crippen molar-refractivity contribution in [3.63, 3.8) is 0 Å². The fourth-order valence-electron chi connectivity index (χ4n) is 2.24. The van der Waals surface area contributed by atoms with E-state index in [2.05, 4.69) is 35.1 Å². The zero-order chi connectivity index (χ0) is 15.3. The van der Waals surface area contributed by atoms with Crippen LogP contribution in [0.25, 0.3) is 0 Å². The Kier molecular flexibility index (Phi) is 5.95. The van der Waals surface area contributed by atoms with Gasteiger partial charge in [-0.3, -0.25) is 9.59 Å². The summed E-state index contributed by atoms with van der Waals surface area (Å²) in [5.74, 6) is 0.219. The molecule has 0 aliphatic rings. The molecule has 1 aromatic heterocycles. The molecule has 0 spiro atoms. The summed E-state index contributed by atoms with van der Waals surface area (Å²) in [6.07, 6.45) is 2.40. The standard InChI is InChI=1S/C14H22BrN3O2/c1-10(2)6-14(3,9-16)17-12(19)8-18-7-11(15)4-5-13(18)20/h4-5,7,10H,6,8-9,16H2,1-3H3,(H,17,19). The van der Waals surface area contributed by atoms with E-state index in [1.807, 2.05) is 6.92 Å². The third-order valence-corrected chi connectivity index (χ3v) is 3.48. The van der Waals surface area contributed by atoms with Gasteiger partial charge in [-0.15, -0.1) is 0 Å². The van der Waals surface area contributed by atoms with Crippen LogP contribution in [-0.4, -0.2) is 22.6 Å². The minimum atomic E-state index is -0.444. The highest BCUT2D eigenvalue weighted by atomic mass is 79.9. The van der Waals surface area contributed by atoms with Crippen LogP contribution in [0.2, 0.25) is 0 Å². The Hall–Kier alpha value is -1.14. The monoisotopic (exact) mass is 343 g/mol. The van der Waals surface area contributed by atoms with Gasteiger partial charge in [0.15, 0.2) is 0 Å². The zero-order valence-electron chi connectivity index (χ0n) is 12.1. The van der Waals surface area contributed by atoms with Crippen LogP contribution in [0.4, 0.5) is 0 Å². The molecule has 0 fully saturated rings. The quantitative estimate of drug-likeness (QED) is 0.821. The number of halogens is 1. The van der Waals surface area contributed by atoms with E-state index >= 15 is 0 Å². The number of carbonyl (C=O) groups is 1. The summed E-state index contributed by atoms with van der Waals surface area (Å²) < 4.78 is 2.12. The lowest BCUT2D eigenvalue weighted by atomic mass is 9.91. The molecule has 0 aliphatic heterocycles. The SMILES string of the molecule is CC(C)CC(C)(CN)NC(=O)Cn1cc(Br)ccc1=O. The fourth-order valence-corrected chi connectivity index (χ4v) is 2.62. The van der Waals surface area contributed by atoms with Crippen LogP contribution in [0.3, 0.4) is 0 Å². The molecule has 1 atom stereocenters. The van der Waals surface area contributed by atoms with Crippen LogP contribution in [-0.2, 0) is 11.3 Å². The van der Waals surface area contributed by atoms with Crippen molar-refractivity contribution in [3.05, 3.63) is 33.2 Å². The zero-order valence-corrected chi connectivity index (χ0v) is 13.7. The molecule has 1 unspecified atom stereocenters. The van der Waals surface area contributed by atoms with Crippen molar-refractivity contribution < 1.29 is 4.79 Å². The molecule has 1 aromatic rings. The summed E-state index contributed by atoms with van der Waals surface area (Å²) >= 11 is 3.28. The normalized spacial score (nSPS) is 14.1. The van der Waals surface area contributed by atoms with Crippen LogP contribution in [0.15, 0.2) is 27.6 Å². The van der Waals surface area contributed by atoms with Crippen molar-refractivity contribution in [2.24, 2.45) is 11.7 Å². The van der Waals surface area contributed by atoms with E-state index in [1.165, 1.54) is 10.6 Å². The second-order valence-corrected chi connectivity index (χ2v) is 6.64. The lowest BCUT2D eigenvalue weighted by Crippen LogP contribution is -2.53. The average Bonchev–Trinajstić information content (AvgIpc) is 2.32. The highest BCUT2D eigenvalue weighted by Crippen LogP contribution is 2.15. The largest absolute Gasteiger partial charge is 0.348 e. The third kappa shape index (κ3) is 5.09. The third-order valence-electron chi connectivity index (χ3n) is 3.01. The van der Waals surface area contributed by atoms with E-state index in [1.54, 1.807) is 12.3 Å². The van der Waals surface area contributed by atoms with Gasteiger partial charge in [0.1, 0.15) is 6.54 Å². The number of hydrogen-bond acceptors (Lipinski definition) is 3. The molecule has 1 amide bonds. The van der Waals surface area contributed by atoms with Crippen molar-refractivity contribution in [3.8, 4) is 0 Å². The second kappa shape index (κ2) is 7.04. The van der Waals surface area contributed by atoms with Gasteiger partial charge in [-0.05, 0) is 41.3 Å². The van der Waals surface area contributed by atoms with E-state index < -0.39 is 5.54 Å². The van der Waals surface area contributed by atoms with Crippen molar-refractivity contribution in [1.82, 2.24) is 9.88 Å². The summed E-state index contributed by atoms with van der Waals surface area (Å²) in [5, 5.41) is 2.93. The Balaban J connectivity index is 2.76. The molecule has 3 N–H and O–H groups in total. The number of pyridine rings is 1. The van der Waals surface area contributed by atoms with Gasteiger partial charge in [-0.25, -0.2) is 0 Å². The van der Waals surface area contributed by atoms with Crippen molar-refractivity contribution >= 4 is 21.8 Å². The van der Waals surface area contributed by atoms with Gasteiger partial charge < -0.3 is 15.6 Å². The van der Waals surface area contributed by atoms with Gasteiger partial charge in [0.25, 0.3) is 5.56 Å². The number of carbonyl (C=O) groups excluding carboxylic acids is 1. The minimum Gasteiger partial charge on any atom is -0.348 e. The second-order valence-electron chi connectivity index (χ2n) is 5.72. The average molecular weight is 344 g/mol. The molecular formula is C14H22BrN3O2. The first-order valence-corrected chi connectivity index (χ1v) is 7.42. The summed E-state index contributed by atoms with van der Waals surface area (Å²) in [6, 6.07) is 3.08. The Labute approximate surface area is 127 Å². The maximum atomic E-state index is 12.1. The smallest absolute Gasteiger partial charge is 0.251 e. The van der Waals surface area contributed by atoms with Crippen LogP contribution in [0, 0.1) is 5.92 Å². The Morgan fingerprint density at radius 1 is 1.50 bits per heavy atom. The van der Waals surface area contributed by atoms with E-state index in [4.69, 9.17) is 5.73 Å². The maximum absolute atomic E-state index is 12.1. The Morgan fingerprint density at radius 2 is 2.15 bits per heavy atom. The van der Waals surface area contributed by atoms with E-state index in [-0.39, 0.29) is 18.0 Å². The molecule has 6 heteroatoms.